The van der Waals surface area contributed by atoms with E-state index >= 15 is 0 Å². The van der Waals surface area contributed by atoms with E-state index in [0.29, 0.717) is 12.5 Å². The molecule has 1 aliphatic rings. The van der Waals surface area contributed by atoms with Crippen LogP contribution < -0.4 is 15.8 Å². The highest BCUT2D eigenvalue weighted by molar-refractivity contribution is 5.84. The van der Waals surface area contributed by atoms with E-state index in [9.17, 15) is 4.79 Å². The molecule has 0 aromatic heterocycles. The molecule has 0 saturated heterocycles. The SMILES string of the molecule is COc1ccc(CC(C)(NC2CC2)C(N)=O)cc1. The first-order chi connectivity index (χ1) is 8.53. The van der Waals surface area contributed by atoms with Gasteiger partial charge in [-0.3, -0.25) is 4.79 Å². The van der Waals surface area contributed by atoms with Crippen LogP contribution in [0.5, 0.6) is 5.75 Å². The molecule has 0 spiro atoms. The van der Waals surface area contributed by atoms with Crippen molar-refractivity contribution in [2.24, 2.45) is 5.73 Å². The average Bonchev–Trinajstić information content (AvgIpc) is 3.13. The number of nitrogens with two attached hydrogens (primary N) is 1. The summed E-state index contributed by atoms with van der Waals surface area (Å²) in [7, 11) is 1.64. The van der Waals surface area contributed by atoms with Crippen LogP contribution in [0.25, 0.3) is 0 Å². The fourth-order valence-corrected chi connectivity index (χ4v) is 2.04. The third-order valence-corrected chi connectivity index (χ3v) is 3.36. The summed E-state index contributed by atoms with van der Waals surface area (Å²) < 4.78 is 5.11. The molecule has 1 aromatic rings. The van der Waals surface area contributed by atoms with E-state index in [1.807, 2.05) is 31.2 Å². The van der Waals surface area contributed by atoms with Crippen molar-refractivity contribution in [2.75, 3.05) is 7.11 Å². The van der Waals surface area contributed by atoms with Gasteiger partial charge in [0.15, 0.2) is 0 Å². The second-order valence-electron chi connectivity index (χ2n) is 5.14. The van der Waals surface area contributed by atoms with Crippen LogP contribution >= 0.6 is 0 Å². The van der Waals surface area contributed by atoms with E-state index in [0.717, 1.165) is 24.2 Å². The van der Waals surface area contributed by atoms with Gasteiger partial charge in [-0.1, -0.05) is 12.1 Å². The maximum absolute atomic E-state index is 11.6. The van der Waals surface area contributed by atoms with Crippen molar-refractivity contribution >= 4 is 5.91 Å². The minimum Gasteiger partial charge on any atom is -0.497 e. The molecular formula is C14H20N2O2. The first-order valence-electron chi connectivity index (χ1n) is 6.24. The lowest BCUT2D eigenvalue weighted by molar-refractivity contribution is -0.123. The number of methoxy groups -OCH3 is 1. The predicted octanol–water partition coefficient (Wildman–Crippen LogP) is 1.23. The minimum atomic E-state index is -0.671. The Morgan fingerprint density at radius 2 is 2.06 bits per heavy atom. The van der Waals surface area contributed by atoms with Crippen molar-refractivity contribution in [3.05, 3.63) is 29.8 Å². The number of hydrogen-bond donors (Lipinski definition) is 2. The lowest BCUT2D eigenvalue weighted by Crippen LogP contribution is -2.55. The smallest absolute Gasteiger partial charge is 0.237 e. The van der Waals surface area contributed by atoms with Crippen LogP contribution in [0.4, 0.5) is 0 Å². The van der Waals surface area contributed by atoms with Gasteiger partial charge in [-0.25, -0.2) is 0 Å². The summed E-state index contributed by atoms with van der Waals surface area (Å²) in [6, 6.07) is 8.17. The molecule has 0 aliphatic heterocycles. The molecule has 1 atom stereocenters. The van der Waals surface area contributed by atoms with Crippen LogP contribution in [0.1, 0.15) is 25.3 Å². The topological polar surface area (TPSA) is 64.3 Å². The normalized spacial score (nSPS) is 18.1. The number of carbonyl (C=O) groups is 1. The molecule has 3 N–H and O–H groups in total. The van der Waals surface area contributed by atoms with Crippen molar-refractivity contribution in [1.29, 1.82) is 0 Å². The van der Waals surface area contributed by atoms with E-state index in [4.69, 9.17) is 10.5 Å². The van der Waals surface area contributed by atoms with E-state index in [1.54, 1.807) is 7.11 Å². The van der Waals surface area contributed by atoms with Crippen LogP contribution in [0.15, 0.2) is 24.3 Å². The first-order valence-corrected chi connectivity index (χ1v) is 6.24. The number of benzene rings is 1. The van der Waals surface area contributed by atoms with Crippen LogP contribution in [0.2, 0.25) is 0 Å². The fraction of sp³-hybridized carbons (Fsp3) is 0.500. The number of nitrogens with one attached hydrogen (secondary N) is 1. The monoisotopic (exact) mass is 248 g/mol. The van der Waals surface area contributed by atoms with Crippen molar-refractivity contribution in [3.63, 3.8) is 0 Å². The van der Waals surface area contributed by atoms with E-state index in [-0.39, 0.29) is 5.91 Å². The molecule has 1 aromatic carbocycles. The Hall–Kier alpha value is -1.55. The first kappa shape index (κ1) is 12.9. The summed E-state index contributed by atoms with van der Waals surface area (Å²) in [5, 5.41) is 3.34. The zero-order valence-corrected chi connectivity index (χ0v) is 10.9. The standard InChI is InChI=1S/C14H20N2O2/c1-14(13(15)17,16-11-5-6-11)9-10-3-7-12(18-2)8-4-10/h3-4,7-8,11,16H,5-6,9H2,1-2H3,(H2,15,17). The molecule has 1 aliphatic carbocycles. The molecule has 0 radical (unpaired) electrons. The van der Waals surface area contributed by atoms with Gasteiger partial charge in [-0.2, -0.15) is 0 Å². The van der Waals surface area contributed by atoms with Crippen LogP contribution in [0, 0.1) is 0 Å². The molecule has 1 amide bonds. The van der Waals surface area contributed by atoms with Gasteiger partial charge in [0.05, 0.1) is 12.6 Å². The zero-order chi connectivity index (χ0) is 13.2. The lowest BCUT2D eigenvalue weighted by atomic mass is 9.92. The quantitative estimate of drug-likeness (QED) is 0.796. The van der Waals surface area contributed by atoms with Gasteiger partial charge < -0.3 is 15.8 Å². The van der Waals surface area contributed by atoms with Gasteiger partial charge in [-0.15, -0.1) is 0 Å². The van der Waals surface area contributed by atoms with Gasteiger partial charge in [0, 0.05) is 6.04 Å². The Labute approximate surface area is 108 Å². The summed E-state index contributed by atoms with van der Waals surface area (Å²) in [6.07, 6.45) is 2.86. The minimum absolute atomic E-state index is 0.301. The fourth-order valence-electron chi connectivity index (χ4n) is 2.04. The Morgan fingerprint density at radius 3 is 2.50 bits per heavy atom. The summed E-state index contributed by atoms with van der Waals surface area (Å²) >= 11 is 0. The lowest BCUT2D eigenvalue weighted by Gasteiger charge is -2.27. The maximum Gasteiger partial charge on any atom is 0.237 e. The molecule has 1 saturated carbocycles. The molecule has 2 rings (SSSR count). The predicted molar refractivity (Wildman–Crippen MR) is 70.5 cm³/mol. The van der Waals surface area contributed by atoms with Crippen molar-refractivity contribution in [2.45, 2.75) is 37.8 Å². The molecule has 1 unspecified atom stereocenters. The number of ether oxygens (including phenoxy) is 1. The Balaban J connectivity index is 2.09. The molecule has 4 heteroatoms. The highest BCUT2D eigenvalue weighted by atomic mass is 16.5. The number of primary amides is 1. The Morgan fingerprint density at radius 1 is 1.44 bits per heavy atom. The summed E-state index contributed by atoms with van der Waals surface area (Å²) in [4.78, 5) is 11.6. The summed E-state index contributed by atoms with van der Waals surface area (Å²) in [6.45, 7) is 1.87. The van der Waals surface area contributed by atoms with E-state index in [1.165, 1.54) is 0 Å². The van der Waals surface area contributed by atoms with E-state index in [2.05, 4.69) is 5.32 Å². The van der Waals surface area contributed by atoms with Crippen molar-refractivity contribution in [1.82, 2.24) is 5.32 Å². The third kappa shape index (κ3) is 3.01. The van der Waals surface area contributed by atoms with Gasteiger partial charge in [-0.05, 0) is 43.9 Å². The largest absolute Gasteiger partial charge is 0.497 e. The summed E-state index contributed by atoms with van der Waals surface area (Å²) in [5.74, 6) is 0.514. The molecule has 1 fully saturated rings. The van der Waals surface area contributed by atoms with Gasteiger partial charge in [0.1, 0.15) is 5.75 Å². The van der Waals surface area contributed by atoms with Crippen molar-refractivity contribution < 1.29 is 9.53 Å². The van der Waals surface area contributed by atoms with Crippen LogP contribution in [-0.4, -0.2) is 24.6 Å². The third-order valence-electron chi connectivity index (χ3n) is 3.36. The highest BCUT2D eigenvalue weighted by Gasteiger charge is 2.36. The second-order valence-corrected chi connectivity index (χ2v) is 5.14. The van der Waals surface area contributed by atoms with Crippen LogP contribution in [-0.2, 0) is 11.2 Å². The Kier molecular flexibility index (Phi) is 3.57. The van der Waals surface area contributed by atoms with Crippen LogP contribution in [0.3, 0.4) is 0 Å². The number of amides is 1. The number of hydrogen-bond acceptors (Lipinski definition) is 3. The number of carbonyl (C=O) groups excluding carboxylic acids is 1. The highest BCUT2D eigenvalue weighted by Crippen LogP contribution is 2.25. The molecule has 18 heavy (non-hydrogen) atoms. The summed E-state index contributed by atoms with van der Waals surface area (Å²) in [5.41, 5.74) is 5.93. The van der Waals surface area contributed by atoms with E-state index < -0.39 is 5.54 Å². The van der Waals surface area contributed by atoms with Gasteiger partial charge in [0.2, 0.25) is 5.91 Å². The molecule has 0 bridgehead atoms. The molecule has 98 valence electrons. The Bertz CT molecular complexity index is 426. The molecular weight excluding hydrogens is 228 g/mol. The van der Waals surface area contributed by atoms with Gasteiger partial charge >= 0.3 is 0 Å². The maximum atomic E-state index is 11.6. The zero-order valence-electron chi connectivity index (χ0n) is 10.9. The average molecular weight is 248 g/mol. The molecule has 4 nitrogen and oxygen atoms in total. The second kappa shape index (κ2) is 4.98. The molecule has 0 heterocycles. The number of rotatable bonds is 6. The van der Waals surface area contributed by atoms with Crippen molar-refractivity contribution in [3.8, 4) is 5.75 Å². The van der Waals surface area contributed by atoms with Gasteiger partial charge in [0.25, 0.3) is 0 Å².